The van der Waals surface area contributed by atoms with Gasteiger partial charge in [-0.1, -0.05) is 0 Å². The molecule has 0 aliphatic carbocycles. The number of hydrogen-bond donors (Lipinski definition) is 1. The number of nitrogens with zero attached hydrogens (tertiary/aromatic N) is 3. The predicted molar refractivity (Wildman–Crippen MR) is 99.4 cm³/mol. The molecule has 1 heterocycles. The molecule has 0 radical (unpaired) electrons. The predicted octanol–water partition coefficient (Wildman–Crippen LogP) is 3.32. The maximum Gasteiger partial charge on any atom is 0.419 e. The first-order valence-corrected chi connectivity index (χ1v) is 8.70. The van der Waals surface area contributed by atoms with E-state index < -0.39 is 53.0 Å². The molecule has 32 heavy (non-hydrogen) atoms. The van der Waals surface area contributed by atoms with E-state index in [9.17, 15) is 27.2 Å². The molecule has 1 amide bonds. The monoisotopic (exact) mass is 450 g/mol. The Kier molecular flexibility index (Phi) is 7.00. The van der Waals surface area contributed by atoms with Crippen LogP contribution in [0, 0.1) is 28.5 Å². The lowest BCUT2D eigenvalue weighted by Gasteiger charge is -2.28. The summed E-state index contributed by atoms with van der Waals surface area (Å²) in [6, 6.07) is 6.69. The van der Waals surface area contributed by atoms with Gasteiger partial charge in [0.1, 0.15) is 30.3 Å². The molecule has 1 aromatic carbocycles. The van der Waals surface area contributed by atoms with Crippen molar-refractivity contribution in [1.29, 1.82) is 10.5 Å². The highest BCUT2D eigenvalue weighted by molar-refractivity contribution is 5.98. The highest BCUT2D eigenvalue weighted by Crippen LogP contribution is 2.32. The number of rotatable bonds is 6. The van der Waals surface area contributed by atoms with Crippen LogP contribution in [-0.4, -0.2) is 29.1 Å². The summed E-state index contributed by atoms with van der Waals surface area (Å²) in [5.74, 6) is -2.94. The number of nitriles is 2. The van der Waals surface area contributed by atoms with Crippen molar-refractivity contribution < 1.29 is 36.6 Å². The smallest absolute Gasteiger partial charge is 0.419 e. The maximum atomic E-state index is 13.7. The van der Waals surface area contributed by atoms with E-state index in [1.807, 2.05) is 0 Å². The number of halogens is 4. The van der Waals surface area contributed by atoms with Crippen LogP contribution >= 0.6 is 0 Å². The second kappa shape index (κ2) is 9.31. The molecule has 1 N–H and O–H groups in total. The van der Waals surface area contributed by atoms with Crippen molar-refractivity contribution in [3.8, 4) is 17.9 Å². The largest absolute Gasteiger partial charge is 0.489 e. The molecule has 12 heteroatoms. The molecule has 0 aliphatic heterocycles. The van der Waals surface area contributed by atoms with Crippen molar-refractivity contribution in [3.63, 3.8) is 0 Å². The van der Waals surface area contributed by atoms with E-state index in [4.69, 9.17) is 20.0 Å². The molecule has 2 aromatic rings. The molecular weight excluding hydrogens is 436 g/mol. The highest BCUT2D eigenvalue weighted by atomic mass is 19.4. The van der Waals surface area contributed by atoms with Crippen LogP contribution in [0.5, 0.6) is 5.75 Å². The van der Waals surface area contributed by atoms with Gasteiger partial charge in [-0.3, -0.25) is 9.59 Å². The molecule has 166 valence electrons. The molecule has 0 saturated heterocycles. The zero-order valence-electron chi connectivity index (χ0n) is 16.6. The molecule has 0 fully saturated rings. The highest BCUT2D eigenvalue weighted by Gasteiger charge is 2.39. The number of esters is 1. The average Bonchev–Trinajstić information content (AvgIpc) is 2.71. The van der Waals surface area contributed by atoms with Gasteiger partial charge >= 0.3 is 12.1 Å². The summed E-state index contributed by atoms with van der Waals surface area (Å²) in [4.78, 5) is 27.6. The Morgan fingerprint density at radius 3 is 2.41 bits per heavy atom. The van der Waals surface area contributed by atoms with Gasteiger partial charge in [-0.05, 0) is 25.1 Å². The minimum Gasteiger partial charge on any atom is -0.489 e. The molecular formula is C20H14F4N4O4. The molecule has 0 saturated carbocycles. The lowest BCUT2D eigenvalue weighted by Crippen LogP contribution is -2.48. The number of carbonyl (C=O) groups excluding carboxylic acids is 2. The van der Waals surface area contributed by atoms with E-state index in [-0.39, 0.29) is 11.3 Å². The SMILES string of the molecule is CC(=O)O[C@@](C)(COc1ccc(C#N)c(F)c1)C(=O)Nc1cnc(C#N)c(C(F)(F)F)c1. The molecule has 8 nitrogen and oxygen atoms in total. The fourth-order valence-corrected chi connectivity index (χ4v) is 2.46. The summed E-state index contributed by atoms with van der Waals surface area (Å²) >= 11 is 0. The zero-order chi connectivity index (χ0) is 24.1. The Balaban J connectivity index is 2.27. The van der Waals surface area contributed by atoms with Gasteiger partial charge < -0.3 is 14.8 Å². The van der Waals surface area contributed by atoms with Crippen LogP contribution in [0.25, 0.3) is 0 Å². The van der Waals surface area contributed by atoms with Crippen LogP contribution in [0.4, 0.5) is 23.2 Å². The Labute approximate surface area is 179 Å². The molecule has 2 rings (SSSR count). The van der Waals surface area contributed by atoms with Crippen LogP contribution in [0.2, 0.25) is 0 Å². The Hall–Kier alpha value is -4.19. The first kappa shape index (κ1) is 24.1. The first-order chi connectivity index (χ1) is 14.9. The number of amides is 1. The van der Waals surface area contributed by atoms with Gasteiger partial charge in [0.15, 0.2) is 5.69 Å². The van der Waals surface area contributed by atoms with Crippen LogP contribution in [0.3, 0.4) is 0 Å². The van der Waals surface area contributed by atoms with Crippen molar-refractivity contribution >= 4 is 17.6 Å². The summed E-state index contributed by atoms with van der Waals surface area (Å²) in [5, 5.41) is 19.7. The van der Waals surface area contributed by atoms with E-state index in [1.165, 1.54) is 12.1 Å². The van der Waals surface area contributed by atoms with Gasteiger partial charge in [-0.15, -0.1) is 0 Å². The number of carbonyl (C=O) groups is 2. The van der Waals surface area contributed by atoms with Crippen molar-refractivity contribution in [2.75, 3.05) is 11.9 Å². The van der Waals surface area contributed by atoms with Gasteiger partial charge in [-0.2, -0.15) is 23.7 Å². The fraction of sp³-hybridized carbons (Fsp3) is 0.250. The summed E-state index contributed by atoms with van der Waals surface area (Å²) < 4.78 is 63.4. The number of anilines is 1. The zero-order valence-corrected chi connectivity index (χ0v) is 16.6. The fourth-order valence-electron chi connectivity index (χ4n) is 2.46. The summed E-state index contributed by atoms with van der Waals surface area (Å²) in [5.41, 5.74) is -4.95. The van der Waals surface area contributed by atoms with Crippen LogP contribution in [0.15, 0.2) is 30.5 Å². The van der Waals surface area contributed by atoms with E-state index >= 15 is 0 Å². The summed E-state index contributed by atoms with van der Waals surface area (Å²) in [6.45, 7) is 1.49. The normalized spacial score (nSPS) is 12.6. The van der Waals surface area contributed by atoms with Gasteiger partial charge in [-0.25, -0.2) is 9.37 Å². The molecule has 1 aromatic heterocycles. The van der Waals surface area contributed by atoms with Crippen molar-refractivity contribution in [1.82, 2.24) is 4.98 Å². The third-order valence-corrected chi connectivity index (χ3v) is 3.98. The quantitative estimate of drug-likeness (QED) is 0.529. The maximum absolute atomic E-state index is 13.7. The average molecular weight is 450 g/mol. The third-order valence-electron chi connectivity index (χ3n) is 3.98. The van der Waals surface area contributed by atoms with Gasteiger partial charge in [0, 0.05) is 13.0 Å². The Morgan fingerprint density at radius 2 is 1.88 bits per heavy atom. The topological polar surface area (TPSA) is 125 Å². The Morgan fingerprint density at radius 1 is 1.19 bits per heavy atom. The molecule has 0 spiro atoms. The summed E-state index contributed by atoms with van der Waals surface area (Å²) in [6.07, 6.45) is -4.07. The van der Waals surface area contributed by atoms with Gasteiger partial charge in [0.05, 0.1) is 23.0 Å². The number of pyridine rings is 1. The van der Waals surface area contributed by atoms with Crippen LogP contribution < -0.4 is 10.1 Å². The second-order valence-corrected chi connectivity index (χ2v) is 6.55. The molecule has 0 bridgehead atoms. The van der Waals surface area contributed by atoms with Crippen LogP contribution in [0.1, 0.15) is 30.7 Å². The number of hydrogen-bond acceptors (Lipinski definition) is 7. The molecule has 0 unspecified atom stereocenters. The molecule has 1 atom stereocenters. The lowest BCUT2D eigenvalue weighted by atomic mass is 10.1. The minimum atomic E-state index is -4.90. The third kappa shape index (κ3) is 5.70. The number of benzene rings is 1. The number of nitrogens with one attached hydrogen (secondary N) is 1. The number of alkyl halides is 3. The van der Waals surface area contributed by atoms with Gasteiger partial charge in [0.25, 0.3) is 5.91 Å². The second-order valence-electron chi connectivity index (χ2n) is 6.55. The lowest BCUT2D eigenvalue weighted by molar-refractivity contribution is -0.165. The van der Waals surface area contributed by atoms with Crippen molar-refractivity contribution in [3.05, 3.63) is 53.1 Å². The molecule has 0 aliphatic rings. The van der Waals surface area contributed by atoms with E-state index in [1.54, 1.807) is 6.07 Å². The van der Waals surface area contributed by atoms with E-state index in [0.717, 1.165) is 32.2 Å². The van der Waals surface area contributed by atoms with E-state index in [2.05, 4.69) is 10.3 Å². The van der Waals surface area contributed by atoms with E-state index in [0.29, 0.717) is 6.07 Å². The van der Waals surface area contributed by atoms with Crippen molar-refractivity contribution in [2.24, 2.45) is 0 Å². The van der Waals surface area contributed by atoms with Crippen molar-refractivity contribution in [2.45, 2.75) is 25.6 Å². The standard InChI is InChI=1S/C20H14F4N4O4/c1-11(29)32-19(2,10-31-14-4-3-12(7-25)16(21)6-14)18(30)28-13-5-15(20(22,23)24)17(8-26)27-9-13/h3-6,9H,10H2,1-2H3,(H,28,30)/t19-/m0/s1. The number of ether oxygens (including phenoxy) is 2. The summed E-state index contributed by atoms with van der Waals surface area (Å²) in [7, 11) is 0. The van der Waals surface area contributed by atoms with Crippen LogP contribution in [-0.2, 0) is 20.5 Å². The first-order valence-electron chi connectivity index (χ1n) is 8.70. The number of aromatic nitrogens is 1. The minimum absolute atomic E-state index is 0.0907. The van der Waals surface area contributed by atoms with Gasteiger partial charge in [0.2, 0.25) is 5.60 Å². The Bertz CT molecular complexity index is 1140.